The highest BCUT2D eigenvalue weighted by atomic mass is 16.6. The third-order valence-corrected chi connectivity index (χ3v) is 4.03. The molecule has 0 saturated heterocycles. The van der Waals surface area contributed by atoms with E-state index in [0.29, 0.717) is 5.56 Å². The van der Waals surface area contributed by atoms with Crippen LogP contribution in [0.1, 0.15) is 11.1 Å². The number of methoxy groups -OCH3 is 1. The van der Waals surface area contributed by atoms with Crippen LogP contribution in [-0.2, 0) is 19.1 Å². The summed E-state index contributed by atoms with van der Waals surface area (Å²) in [6, 6.07) is 10.5. The van der Waals surface area contributed by atoms with E-state index in [9.17, 15) is 29.8 Å². The van der Waals surface area contributed by atoms with Gasteiger partial charge in [0.2, 0.25) is 0 Å². The molecule has 0 aliphatic carbocycles. The van der Waals surface area contributed by atoms with Gasteiger partial charge in [-0.25, -0.2) is 9.59 Å². The summed E-state index contributed by atoms with van der Waals surface area (Å²) in [4.78, 5) is 45.3. The van der Waals surface area contributed by atoms with Gasteiger partial charge in [-0.05, 0) is 23.8 Å². The Kier molecular flexibility index (Phi) is 5.17. The number of non-ortho nitro benzene ring substituents is 2. The Hall–Kier alpha value is -4.34. The molecule has 0 aromatic heterocycles. The first kappa shape index (κ1) is 19.4. The molecule has 1 aliphatic rings. The number of rotatable bonds is 5. The molecular weight excluding hydrogens is 384 g/mol. The lowest BCUT2D eigenvalue weighted by Gasteiger charge is -2.04. The number of ether oxygens (including phenoxy) is 2. The number of hydrogen-bond acceptors (Lipinski definition) is 8. The lowest BCUT2D eigenvalue weighted by atomic mass is 10.0. The molecule has 0 bridgehead atoms. The molecule has 29 heavy (non-hydrogen) atoms. The van der Waals surface area contributed by atoms with Crippen LogP contribution in [0.2, 0.25) is 0 Å². The third kappa shape index (κ3) is 3.86. The molecule has 0 spiro atoms. The smallest absolute Gasteiger partial charge is 0.344 e. The quantitative estimate of drug-likeness (QED) is 0.325. The summed E-state index contributed by atoms with van der Waals surface area (Å²) >= 11 is 0. The summed E-state index contributed by atoms with van der Waals surface area (Å²) in [5, 5.41) is 21.8. The predicted molar refractivity (Wildman–Crippen MR) is 99.2 cm³/mol. The first-order valence-corrected chi connectivity index (χ1v) is 8.08. The molecular formula is C19H12N2O8. The molecule has 0 unspecified atom stereocenters. The van der Waals surface area contributed by atoms with Gasteiger partial charge in [-0.2, -0.15) is 0 Å². The van der Waals surface area contributed by atoms with Crippen molar-refractivity contribution in [1.29, 1.82) is 0 Å². The number of carbonyl (C=O) groups excluding carboxylic acids is 2. The van der Waals surface area contributed by atoms with Gasteiger partial charge in [0.05, 0.1) is 22.5 Å². The van der Waals surface area contributed by atoms with E-state index < -0.39 is 21.8 Å². The number of benzene rings is 2. The molecule has 1 aliphatic heterocycles. The Morgan fingerprint density at radius 2 is 1.69 bits per heavy atom. The first-order chi connectivity index (χ1) is 13.8. The summed E-state index contributed by atoms with van der Waals surface area (Å²) in [6.07, 6.45) is 1.28. The van der Waals surface area contributed by atoms with Crippen molar-refractivity contribution >= 4 is 35.1 Å². The van der Waals surface area contributed by atoms with Crippen molar-refractivity contribution in [3.63, 3.8) is 0 Å². The summed E-state index contributed by atoms with van der Waals surface area (Å²) in [5.41, 5.74) is -0.136. The Bertz CT molecular complexity index is 1100. The summed E-state index contributed by atoms with van der Waals surface area (Å²) in [7, 11) is 1.12. The molecule has 2 aromatic rings. The SMILES string of the molecule is COC(=O)C1=C(c2ccc([N+](=O)[O-])cc2)OC(=O)/C1=C\c1cccc([N+](=O)[O-])c1. The van der Waals surface area contributed by atoms with Gasteiger partial charge >= 0.3 is 11.9 Å². The van der Waals surface area contributed by atoms with Crippen molar-refractivity contribution < 1.29 is 28.9 Å². The van der Waals surface area contributed by atoms with Crippen molar-refractivity contribution in [2.75, 3.05) is 7.11 Å². The Morgan fingerprint density at radius 3 is 2.28 bits per heavy atom. The minimum absolute atomic E-state index is 0.117. The fraction of sp³-hybridized carbons (Fsp3) is 0.0526. The number of cyclic esters (lactones) is 1. The van der Waals surface area contributed by atoms with Crippen molar-refractivity contribution in [1.82, 2.24) is 0 Å². The van der Waals surface area contributed by atoms with Crippen LogP contribution in [0.3, 0.4) is 0 Å². The van der Waals surface area contributed by atoms with Crippen LogP contribution in [0.5, 0.6) is 0 Å². The van der Waals surface area contributed by atoms with Gasteiger partial charge in [-0.15, -0.1) is 0 Å². The third-order valence-electron chi connectivity index (χ3n) is 4.03. The van der Waals surface area contributed by atoms with Crippen LogP contribution >= 0.6 is 0 Å². The van der Waals surface area contributed by atoms with Crippen molar-refractivity contribution in [2.45, 2.75) is 0 Å². The zero-order chi connectivity index (χ0) is 21.1. The molecule has 0 amide bonds. The fourth-order valence-electron chi connectivity index (χ4n) is 2.69. The van der Waals surface area contributed by atoms with Crippen LogP contribution in [-0.4, -0.2) is 28.9 Å². The van der Waals surface area contributed by atoms with E-state index in [1.807, 2.05) is 0 Å². The minimum Gasteiger partial charge on any atom is -0.465 e. The molecule has 1 heterocycles. The highest BCUT2D eigenvalue weighted by molar-refractivity contribution is 6.19. The minimum atomic E-state index is -0.860. The van der Waals surface area contributed by atoms with E-state index in [2.05, 4.69) is 0 Å². The molecule has 0 atom stereocenters. The molecule has 0 radical (unpaired) electrons. The molecule has 10 nitrogen and oxygen atoms in total. The maximum absolute atomic E-state index is 12.4. The summed E-state index contributed by atoms with van der Waals surface area (Å²) in [5.74, 6) is -1.83. The molecule has 146 valence electrons. The zero-order valence-corrected chi connectivity index (χ0v) is 14.9. The zero-order valence-electron chi connectivity index (χ0n) is 14.9. The van der Waals surface area contributed by atoms with Crippen LogP contribution in [0, 0.1) is 20.2 Å². The number of carbonyl (C=O) groups is 2. The maximum atomic E-state index is 12.4. The average Bonchev–Trinajstić information content (AvgIpc) is 3.03. The van der Waals surface area contributed by atoms with E-state index >= 15 is 0 Å². The average molecular weight is 396 g/mol. The van der Waals surface area contributed by atoms with Crippen LogP contribution in [0.25, 0.3) is 11.8 Å². The van der Waals surface area contributed by atoms with Crippen molar-refractivity contribution in [3.05, 3.63) is 91.0 Å². The molecule has 2 aromatic carbocycles. The maximum Gasteiger partial charge on any atom is 0.344 e. The Morgan fingerprint density at radius 1 is 1.03 bits per heavy atom. The van der Waals surface area contributed by atoms with Crippen molar-refractivity contribution in [2.24, 2.45) is 0 Å². The van der Waals surface area contributed by atoms with Gasteiger partial charge in [0.15, 0.2) is 5.76 Å². The fourth-order valence-corrected chi connectivity index (χ4v) is 2.69. The normalized spacial score (nSPS) is 14.7. The van der Waals surface area contributed by atoms with Gasteiger partial charge in [0.1, 0.15) is 5.57 Å². The molecule has 3 rings (SSSR count). The summed E-state index contributed by atoms with van der Waals surface area (Å²) < 4.78 is 9.95. The van der Waals surface area contributed by atoms with E-state index in [4.69, 9.17) is 9.47 Å². The van der Waals surface area contributed by atoms with E-state index in [1.165, 1.54) is 54.6 Å². The highest BCUT2D eigenvalue weighted by Crippen LogP contribution is 2.36. The number of nitro benzene ring substituents is 2. The number of nitrogens with zero attached hydrogens (tertiary/aromatic N) is 2. The van der Waals surface area contributed by atoms with Gasteiger partial charge in [0.25, 0.3) is 11.4 Å². The monoisotopic (exact) mass is 396 g/mol. The first-order valence-electron chi connectivity index (χ1n) is 8.08. The van der Waals surface area contributed by atoms with Gasteiger partial charge in [-0.1, -0.05) is 12.1 Å². The predicted octanol–water partition coefficient (Wildman–Crippen LogP) is 3.03. The molecule has 0 saturated carbocycles. The van der Waals surface area contributed by atoms with Gasteiger partial charge in [0, 0.05) is 29.8 Å². The molecule has 0 N–H and O–H groups in total. The second kappa shape index (κ2) is 7.72. The van der Waals surface area contributed by atoms with E-state index in [0.717, 1.165) is 7.11 Å². The van der Waals surface area contributed by atoms with E-state index in [-0.39, 0.29) is 33.8 Å². The number of hydrogen-bond donors (Lipinski definition) is 0. The highest BCUT2D eigenvalue weighted by Gasteiger charge is 2.36. The van der Waals surface area contributed by atoms with Crippen LogP contribution in [0.15, 0.2) is 59.7 Å². The molecule has 0 fully saturated rings. The molecule has 10 heteroatoms. The summed E-state index contributed by atoms with van der Waals surface area (Å²) in [6.45, 7) is 0. The lowest BCUT2D eigenvalue weighted by Crippen LogP contribution is -2.08. The second-order valence-electron chi connectivity index (χ2n) is 5.80. The second-order valence-corrected chi connectivity index (χ2v) is 5.80. The van der Waals surface area contributed by atoms with E-state index in [1.54, 1.807) is 0 Å². The standard InChI is InChI=1S/C19H12N2O8/c1-28-19(23)16-15(10-11-3-2-4-14(9-11)21(26)27)18(22)29-17(16)12-5-7-13(8-6-12)20(24)25/h2-10H,1H3/b15-10-. The van der Waals surface area contributed by atoms with Gasteiger partial charge in [-0.3, -0.25) is 20.2 Å². The van der Waals surface area contributed by atoms with Crippen LogP contribution in [0.4, 0.5) is 11.4 Å². The Balaban J connectivity index is 2.12. The van der Waals surface area contributed by atoms with Gasteiger partial charge < -0.3 is 9.47 Å². The Labute approximate surface area is 163 Å². The number of esters is 2. The lowest BCUT2D eigenvalue weighted by molar-refractivity contribution is -0.385. The number of nitro groups is 2. The topological polar surface area (TPSA) is 139 Å². The van der Waals surface area contributed by atoms with Crippen LogP contribution < -0.4 is 0 Å². The largest absolute Gasteiger partial charge is 0.465 e. The van der Waals surface area contributed by atoms with Crippen molar-refractivity contribution in [3.8, 4) is 0 Å².